The highest BCUT2D eigenvalue weighted by atomic mass is 19.1. The molecule has 4 rings (SSSR count). The van der Waals surface area contributed by atoms with E-state index in [1.165, 1.54) is 11.5 Å². The highest BCUT2D eigenvalue weighted by Crippen LogP contribution is 2.27. The number of carboxylic acid groups (broad SMARTS) is 2. The van der Waals surface area contributed by atoms with Crippen molar-refractivity contribution in [3.05, 3.63) is 71.7 Å². The SMILES string of the molecule is CCN1CCN(c2nc(/C=C/c3ccccc3F)cc3ccccc23)CC1.O=C(O)C(=O)O. The van der Waals surface area contributed by atoms with E-state index in [1.807, 2.05) is 18.2 Å². The first-order chi connectivity index (χ1) is 15.9. The van der Waals surface area contributed by atoms with Gasteiger partial charge in [0.05, 0.1) is 5.69 Å². The van der Waals surface area contributed by atoms with Crippen LogP contribution in [-0.2, 0) is 9.59 Å². The van der Waals surface area contributed by atoms with Crippen LogP contribution in [0, 0.1) is 5.82 Å². The molecular formula is C25H26FN3O4. The average Bonchev–Trinajstić information content (AvgIpc) is 2.83. The van der Waals surface area contributed by atoms with Gasteiger partial charge in [-0.25, -0.2) is 19.0 Å². The number of fused-ring (bicyclic) bond motifs is 1. The highest BCUT2D eigenvalue weighted by molar-refractivity contribution is 6.27. The molecule has 172 valence electrons. The molecule has 0 bridgehead atoms. The number of carbonyl (C=O) groups is 2. The van der Waals surface area contributed by atoms with Crippen molar-refractivity contribution in [3.63, 3.8) is 0 Å². The van der Waals surface area contributed by atoms with Gasteiger partial charge in [0.2, 0.25) is 0 Å². The molecule has 0 unspecified atom stereocenters. The first kappa shape index (κ1) is 23.9. The van der Waals surface area contributed by atoms with Crippen LogP contribution < -0.4 is 4.90 Å². The number of benzene rings is 2. The van der Waals surface area contributed by atoms with E-state index in [0.717, 1.165) is 49.6 Å². The lowest BCUT2D eigenvalue weighted by Gasteiger charge is -2.35. The van der Waals surface area contributed by atoms with Gasteiger partial charge in [0, 0.05) is 37.1 Å². The summed E-state index contributed by atoms with van der Waals surface area (Å²) in [6, 6.07) is 17.2. The minimum atomic E-state index is -1.82. The van der Waals surface area contributed by atoms with Crippen LogP contribution >= 0.6 is 0 Å². The van der Waals surface area contributed by atoms with Crippen LogP contribution in [0.3, 0.4) is 0 Å². The van der Waals surface area contributed by atoms with Gasteiger partial charge in [-0.1, -0.05) is 49.4 Å². The number of anilines is 1. The second kappa shape index (κ2) is 11.2. The summed E-state index contributed by atoms with van der Waals surface area (Å²) in [5.41, 5.74) is 1.43. The zero-order valence-corrected chi connectivity index (χ0v) is 18.3. The lowest BCUT2D eigenvalue weighted by atomic mass is 10.1. The molecular weight excluding hydrogens is 425 g/mol. The Bertz CT molecular complexity index is 1150. The van der Waals surface area contributed by atoms with E-state index < -0.39 is 11.9 Å². The standard InChI is InChI=1S/C23H24FN3.C2H2O4/c1-2-26-13-15-27(16-14-26)23-21-9-5-3-8-19(21)17-20(25-23)12-11-18-7-4-6-10-22(18)24;3-1(4)2(5)6/h3-12,17H,2,13-16H2,1H3;(H,3,4)(H,5,6)/b12-11+;. The van der Waals surface area contributed by atoms with E-state index >= 15 is 0 Å². The Morgan fingerprint density at radius 1 is 0.970 bits per heavy atom. The summed E-state index contributed by atoms with van der Waals surface area (Å²) in [6.45, 7) is 7.37. The number of hydrogen-bond acceptors (Lipinski definition) is 5. The Hall–Kier alpha value is -3.78. The first-order valence-corrected chi connectivity index (χ1v) is 10.6. The number of nitrogens with zero attached hydrogens (tertiary/aromatic N) is 3. The van der Waals surface area contributed by atoms with E-state index in [1.54, 1.807) is 18.2 Å². The molecule has 8 heteroatoms. The summed E-state index contributed by atoms with van der Waals surface area (Å²) in [4.78, 5) is 27.9. The number of pyridine rings is 1. The summed E-state index contributed by atoms with van der Waals surface area (Å²) in [5, 5.41) is 17.1. The molecule has 1 saturated heterocycles. The lowest BCUT2D eigenvalue weighted by molar-refractivity contribution is -0.159. The summed E-state index contributed by atoms with van der Waals surface area (Å²) in [6.07, 6.45) is 3.70. The Balaban J connectivity index is 0.000000454. The van der Waals surface area contributed by atoms with Gasteiger partial charge in [0.15, 0.2) is 0 Å². The van der Waals surface area contributed by atoms with Gasteiger partial charge >= 0.3 is 11.9 Å². The summed E-state index contributed by atoms with van der Waals surface area (Å²) in [5.74, 6) is -2.84. The van der Waals surface area contributed by atoms with E-state index in [0.29, 0.717) is 5.56 Å². The molecule has 0 atom stereocenters. The highest BCUT2D eigenvalue weighted by Gasteiger charge is 2.19. The number of rotatable bonds is 4. The molecule has 0 saturated carbocycles. The Morgan fingerprint density at radius 2 is 1.61 bits per heavy atom. The van der Waals surface area contributed by atoms with Crippen molar-refractivity contribution >= 4 is 40.7 Å². The van der Waals surface area contributed by atoms with Gasteiger partial charge in [-0.2, -0.15) is 0 Å². The van der Waals surface area contributed by atoms with Crippen LogP contribution in [0.25, 0.3) is 22.9 Å². The fraction of sp³-hybridized carbons (Fsp3) is 0.240. The van der Waals surface area contributed by atoms with Crippen molar-refractivity contribution in [1.29, 1.82) is 0 Å². The zero-order chi connectivity index (χ0) is 23.8. The minimum Gasteiger partial charge on any atom is -0.473 e. The molecule has 0 radical (unpaired) electrons. The van der Waals surface area contributed by atoms with Crippen molar-refractivity contribution in [2.45, 2.75) is 6.92 Å². The van der Waals surface area contributed by atoms with Crippen molar-refractivity contribution in [3.8, 4) is 0 Å². The van der Waals surface area contributed by atoms with Crippen molar-refractivity contribution < 1.29 is 24.2 Å². The van der Waals surface area contributed by atoms with E-state index in [-0.39, 0.29) is 5.82 Å². The van der Waals surface area contributed by atoms with Gasteiger partial charge < -0.3 is 20.0 Å². The van der Waals surface area contributed by atoms with E-state index in [2.05, 4.69) is 41.0 Å². The summed E-state index contributed by atoms with van der Waals surface area (Å²) in [7, 11) is 0. The fourth-order valence-corrected chi connectivity index (χ4v) is 3.59. The molecule has 0 aliphatic carbocycles. The molecule has 33 heavy (non-hydrogen) atoms. The molecule has 2 N–H and O–H groups in total. The van der Waals surface area contributed by atoms with Crippen molar-refractivity contribution in [2.75, 3.05) is 37.6 Å². The number of aliphatic carboxylic acids is 2. The molecule has 1 aliphatic rings. The number of carboxylic acids is 2. The minimum absolute atomic E-state index is 0.217. The number of likely N-dealkylation sites (N-methyl/N-ethyl adjacent to an activating group) is 1. The molecule has 2 aromatic carbocycles. The molecule has 0 spiro atoms. The number of piperazine rings is 1. The molecule has 0 amide bonds. The van der Waals surface area contributed by atoms with Crippen LogP contribution in [-0.4, -0.2) is 64.8 Å². The number of aromatic nitrogens is 1. The van der Waals surface area contributed by atoms with Crippen LogP contribution in [0.1, 0.15) is 18.2 Å². The first-order valence-electron chi connectivity index (χ1n) is 10.6. The van der Waals surface area contributed by atoms with Gasteiger partial charge in [-0.15, -0.1) is 0 Å². The van der Waals surface area contributed by atoms with Crippen LogP contribution in [0.2, 0.25) is 0 Å². The normalized spacial score (nSPS) is 14.2. The predicted molar refractivity (Wildman–Crippen MR) is 127 cm³/mol. The molecule has 1 fully saturated rings. The van der Waals surface area contributed by atoms with Gasteiger partial charge in [0.25, 0.3) is 0 Å². The summed E-state index contributed by atoms with van der Waals surface area (Å²) >= 11 is 0. The second-order valence-electron chi connectivity index (χ2n) is 7.48. The van der Waals surface area contributed by atoms with Crippen LogP contribution in [0.4, 0.5) is 10.2 Å². The third-order valence-electron chi connectivity index (χ3n) is 5.38. The quantitative estimate of drug-likeness (QED) is 0.582. The van der Waals surface area contributed by atoms with Crippen molar-refractivity contribution in [1.82, 2.24) is 9.88 Å². The average molecular weight is 451 g/mol. The van der Waals surface area contributed by atoms with Gasteiger partial charge in [-0.3, -0.25) is 0 Å². The third kappa shape index (κ3) is 6.36. The Kier molecular flexibility index (Phi) is 8.10. The fourth-order valence-electron chi connectivity index (χ4n) is 3.59. The Morgan fingerprint density at radius 3 is 2.24 bits per heavy atom. The Labute approximate surface area is 191 Å². The van der Waals surface area contributed by atoms with E-state index in [9.17, 15) is 4.39 Å². The second-order valence-corrected chi connectivity index (χ2v) is 7.48. The third-order valence-corrected chi connectivity index (χ3v) is 5.38. The van der Waals surface area contributed by atoms with Crippen LogP contribution in [0.15, 0.2) is 54.6 Å². The molecule has 2 heterocycles. The maximum Gasteiger partial charge on any atom is 0.414 e. The predicted octanol–water partition coefficient (Wildman–Crippen LogP) is 3.84. The maximum atomic E-state index is 13.9. The lowest BCUT2D eigenvalue weighted by Crippen LogP contribution is -2.46. The number of halogens is 1. The molecule has 1 aromatic heterocycles. The molecule has 3 aromatic rings. The molecule has 7 nitrogen and oxygen atoms in total. The smallest absolute Gasteiger partial charge is 0.414 e. The number of hydrogen-bond donors (Lipinski definition) is 2. The maximum absolute atomic E-state index is 13.9. The summed E-state index contributed by atoms with van der Waals surface area (Å²) < 4.78 is 13.9. The van der Waals surface area contributed by atoms with Crippen LogP contribution in [0.5, 0.6) is 0 Å². The zero-order valence-electron chi connectivity index (χ0n) is 18.3. The molecule has 1 aliphatic heterocycles. The van der Waals surface area contributed by atoms with Gasteiger partial charge in [0.1, 0.15) is 11.6 Å². The van der Waals surface area contributed by atoms with Crippen molar-refractivity contribution in [2.24, 2.45) is 0 Å². The largest absolute Gasteiger partial charge is 0.473 e. The van der Waals surface area contributed by atoms with Gasteiger partial charge in [-0.05, 0) is 36.2 Å². The van der Waals surface area contributed by atoms with E-state index in [4.69, 9.17) is 24.8 Å². The topological polar surface area (TPSA) is 94.0 Å². The monoisotopic (exact) mass is 451 g/mol.